The third-order valence-electron chi connectivity index (χ3n) is 4.88. The van der Waals surface area contributed by atoms with E-state index in [9.17, 15) is 22.8 Å². The van der Waals surface area contributed by atoms with Crippen molar-refractivity contribution in [3.63, 3.8) is 0 Å². The number of aromatic nitrogens is 2. The van der Waals surface area contributed by atoms with Gasteiger partial charge in [-0.3, -0.25) is 18.7 Å². The second-order valence-corrected chi connectivity index (χ2v) is 9.04. The average molecular weight is 442 g/mol. The topological polar surface area (TPSA) is 108 Å². The summed E-state index contributed by atoms with van der Waals surface area (Å²) >= 11 is 5.81. The largest absolute Gasteiger partial charge is 0.458 e. The summed E-state index contributed by atoms with van der Waals surface area (Å²) in [5.74, 6) is -0.729. The first-order chi connectivity index (χ1) is 13.6. The standard InChI is InChI=1S/C18H20ClN3O6S/c1-20-13(10-16(23)21(2)18(20)25)11-28-17(24)15-4-3-9-22(15)29(26,27)14-7-5-12(19)6-8-14/h5-8,10,15H,3-4,9,11H2,1-2H3/t15-/m0/s1. The number of carbonyl (C=O) groups excluding carboxylic acids is 1. The molecule has 0 unspecified atom stereocenters. The van der Waals surface area contributed by atoms with E-state index in [4.69, 9.17) is 16.3 Å². The monoisotopic (exact) mass is 441 g/mol. The third kappa shape index (κ3) is 4.14. The SMILES string of the molecule is Cn1c(COC(=O)[C@@H]2CCCN2S(=O)(=O)c2ccc(Cl)cc2)cc(=O)n(C)c1=O. The lowest BCUT2D eigenvalue weighted by Crippen LogP contribution is -2.42. The lowest BCUT2D eigenvalue weighted by atomic mass is 10.2. The Kier molecular flexibility index (Phi) is 5.97. The summed E-state index contributed by atoms with van der Waals surface area (Å²) in [6.45, 7) is -0.124. The molecule has 1 fully saturated rings. The molecule has 2 heterocycles. The number of hydrogen-bond acceptors (Lipinski definition) is 6. The van der Waals surface area contributed by atoms with Crippen LogP contribution in [0.25, 0.3) is 0 Å². The molecule has 0 aliphatic carbocycles. The van der Waals surface area contributed by atoms with E-state index in [-0.39, 0.29) is 23.7 Å². The van der Waals surface area contributed by atoms with Gasteiger partial charge in [-0.2, -0.15) is 4.31 Å². The Morgan fingerprint density at radius 1 is 1.17 bits per heavy atom. The van der Waals surface area contributed by atoms with Crippen molar-refractivity contribution in [2.45, 2.75) is 30.4 Å². The average Bonchev–Trinajstić information content (AvgIpc) is 3.19. The maximum absolute atomic E-state index is 12.9. The molecule has 0 N–H and O–H groups in total. The van der Waals surface area contributed by atoms with Gasteiger partial charge in [-0.05, 0) is 37.1 Å². The molecule has 3 rings (SSSR count). The lowest BCUT2D eigenvalue weighted by molar-refractivity contribution is -0.149. The van der Waals surface area contributed by atoms with Crippen LogP contribution in [-0.4, -0.2) is 40.4 Å². The van der Waals surface area contributed by atoms with Crippen LogP contribution in [0.4, 0.5) is 0 Å². The van der Waals surface area contributed by atoms with Crippen LogP contribution in [0.1, 0.15) is 18.5 Å². The number of nitrogens with zero attached hydrogens (tertiary/aromatic N) is 3. The molecule has 1 aromatic heterocycles. The molecular formula is C18H20ClN3O6S. The third-order valence-corrected chi connectivity index (χ3v) is 7.06. The Morgan fingerprint density at radius 2 is 1.83 bits per heavy atom. The molecule has 2 aromatic rings. The van der Waals surface area contributed by atoms with Crippen molar-refractivity contribution in [1.82, 2.24) is 13.4 Å². The van der Waals surface area contributed by atoms with Gasteiger partial charge in [0.2, 0.25) is 10.0 Å². The maximum atomic E-state index is 12.9. The fourth-order valence-corrected chi connectivity index (χ4v) is 4.94. The van der Waals surface area contributed by atoms with Crippen molar-refractivity contribution in [2.75, 3.05) is 6.54 Å². The molecule has 1 saturated heterocycles. The summed E-state index contributed by atoms with van der Waals surface area (Å²) in [6.07, 6.45) is 0.831. The Bertz CT molecular complexity index is 1150. The molecule has 1 atom stereocenters. The van der Waals surface area contributed by atoms with Crippen LogP contribution in [0.15, 0.2) is 44.8 Å². The molecule has 0 bridgehead atoms. The van der Waals surface area contributed by atoms with Gasteiger partial charge in [0.1, 0.15) is 12.6 Å². The summed E-state index contributed by atoms with van der Waals surface area (Å²) in [5, 5.41) is 0.404. The fraction of sp³-hybridized carbons (Fsp3) is 0.389. The molecule has 1 aromatic carbocycles. The highest BCUT2D eigenvalue weighted by Crippen LogP contribution is 2.27. The zero-order valence-corrected chi connectivity index (χ0v) is 17.4. The first-order valence-electron chi connectivity index (χ1n) is 8.83. The molecule has 0 saturated carbocycles. The summed E-state index contributed by atoms with van der Waals surface area (Å²) < 4.78 is 34.3. The number of benzene rings is 1. The number of esters is 1. The minimum atomic E-state index is -3.89. The van der Waals surface area contributed by atoms with E-state index in [1.54, 1.807) is 0 Å². The number of sulfonamides is 1. The molecule has 1 aliphatic rings. The van der Waals surface area contributed by atoms with Gasteiger partial charge in [-0.25, -0.2) is 13.2 Å². The van der Waals surface area contributed by atoms with Crippen LogP contribution < -0.4 is 11.2 Å². The Morgan fingerprint density at radius 3 is 2.48 bits per heavy atom. The highest BCUT2D eigenvalue weighted by atomic mass is 35.5. The van der Waals surface area contributed by atoms with Crippen molar-refractivity contribution in [3.05, 3.63) is 61.9 Å². The lowest BCUT2D eigenvalue weighted by Gasteiger charge is -2.23. The second kappa shape index (κ2) is 8.13. The summed E-state index contributed by atoms with van der Waals surface area (Å²) in [5.41, 5.74) is -0.847. The van der Waals surface area contributed by atoms with Crippen molar-refractivity contribution >= 4 is 27.6 Å². The van der Waals surface area contributed by atoms with Crippen LogP contribution in [0.3, 0.4) is 0 Å². The van der Waals surface area contributed by atoms with Gasteiger partial charge >= 0.3 is 11.7 Å². The normalized spacial score (nSPS) is 17.4. The molecule has 0 amide bonds. The molecule has 0 radical (unpaired) electrons. The summed E-state index contributed by atoms with van der Waals surface area (Å²) in [6, 6.07) is 5.93. The second-order valence-electron chi connectivity index (χ2n) is 6.71. The maximum Gasteiger partial charge on any atom is 0.330 e. The zero-order chi connectivity index (χ0) is 21.3. The van der Waals surface area contributed by atoms with E-state index >= 15 is 0 Å². The Labute approximate surface area is 172 Å². The number of ether oxygens (including phenoxy) is 1. The number of halogens is 1. The van der Waals surface area contributed by atoms with E-state index in [0.717, 1.165) is 8.87 Å². The van der Waals surface area contributed by atoms with Crippen molar-refractivity contribution in [2.24, 2.45) is 14.1 Å². The van der Waals surface area contributed by atoms with E-state index < -0.39 is 33.3 Å². The van der Waals surface area contributed by atoms with Gasteiger partial charge in [0.15, 0.2) is 0 Å². The van der Waals surface area contributed by atoms with Crippen molar-refractivity contribution in [3.8, 4) is 0 Å². The molecule has 29 heavy (non-hydrogen) atoms. The minimum Gasteiger partial charge on any atom is -0.458 e. The van der Waals surface area contributed by atoms with Gasteiger partial charge in [0.05, 0.1) is 10.6 Å². The molecule has 11 heteroatoms. The molecule has 9 nitrogen and oxygen atoms in total. The first-order valence-corrected chi connectivity index (χ1v) is 10.6. The number of carbonyl (C=O) groups is 1. The summed E-state index contributed by atoms with van der Waals surface area (Å²) in [7, 11) is -1.09. The van der Waals surface area contributed by atoms with Crippen LogP contribution in [0, 0.1) is 0 Å². The molecule has 0 spiro atoms. The van der Waals surface area contributed by atoms with E-state index in [2.05, 4.69) is 0 Å². The van der Waals surface area contributed by atoms with Gasteiger partial charge in [-0.15, -0.1) is 0 Å². The Hall–Kier alpha value is -2.43. The van der Waals surface area contributed by atoms with Crippen LogP contribution in [0.2, 0.25) is 5.02 Å². The molecule has 156 valence electrons. The van der Waals surface area contributed by atoms with Crippen LogP contribution in [0.5, 0.6) is 0 Å². The number of hydrogen-bond donors (Lipinski definition) is 0. The highest BCUT2D eigenvalue weighted by Gasteiger charge is 2.40. The zero-order valence-electron chi connectivity index (χ0n) is 15.9. The van der Waals surface area contributed by atoms with Crippen LogP contribution in [-0.2, 0) is 40.3 Å². The van der Waals surface area contributed by atoms with Crippen molar-refractivity contribution in [1.29, 1.82) is 0 Å². The van der Waals surface area contributed by atoms with E-state index in [0.29, 0.717) is 17.9 Å². The van der Waals surface area contributed by atoms with Gasteiger partial charge in [0, 0.05) is 31.7 Å². The predicted molar refractivity (Wildman–Crippen MR) is 105 cm³/mol. The van der Waals surface area contributed by atoms with Gasteiger partial charge in [-0.1, -0.05) is 11.6 Å². The smallest absolute Gasteiger partial charge is 0.330 e. The first kappa shape index (κ1) is 21.3. The molecule has 1 aliphatic heterocycles. The van der Waals surface area contributed by atoms with E-state index in [1.807, 2.05) is 0 Å². The van der Waals surface area contributed by atoms with E-state index in [1.165, 1.54) is 49.0 Å². The summed E-state index contributed by atoms with van der Waals surface area (Å²) in [4.78, 5) is 36.4. The Balaban J connectivity index is 1.78. The minimum absolute atomic E-state index is 0.0375. The van der Waals surface area contributed by atoms with Gasteiger partial charge in [0.25, 0.3) is 5.56 Å². The number of rotatable bonds is 5. The predicted octanol–water partition coefficient (Wildman–Crippen LogP) is 0.634. The van der Waals surface area contributed by atoms with Crippen molar-refractivity contribution < 1.29 is 17.9 Å². The highest BCUT2D eigenvalue weighted by molar-refractivity contribution is 7.89. The van der Waals surface area contributed by atoms with Gasteiger partial charge < -0.3 is 4.74 Å². The molecular weight excluding hydrogens is 422 g/mol. The quantitative estimate of drug-likeness (QED) is 0.630. The van der Waals surface area contributed by atoms with Crippen LogP contribution >= 0.6 is 11.6 Å². The fourth-order valence-electron chi connectivity index (χ4n) is 3.16.